The Bertz CT molecular complexity index is 3090. The number of benzene rings is 8. The third-order valence-electron chi connectivity index (χ3n) is 11.1. The van der Waals surface area contributed by atoms with Gasteiger partial charge in [-0.15, -0.1) is 0 Å². The number of furan rings is 2. The molecule has 0 saturated carbocycles. The van der Waals surface area contributed by atoms with Gasteiger partial charge in [0.15, 0.2) is 0 Å². The molecule has 0 amide bonds. The van der Waals surface area contributed by atoms with Gasteiger partial charge in [0.2, 0.25) is 0 Å². The van der Waals surface area contributed by atoms with E-state index in [1.165, 1.54) is 22.3 Å². The fraction of sp³-hybridized carbons (Fsp3) is 0.0182. The molecule has 0 bridgehead atoms. The van der Waals surface area contributed by atoms with Gasteiger partial charge in [-0.2, -0.15) is 0 Å². The lowest BCUT2D eigenvalue weighted by Gasteiger charge is -2.26. The molecule has 10 aromatic rings. The van der Waals surface area contributed by atoms with Crippen molar-refractivity contribution < 1.29 is 8.83 Å². The molecular formula is C55H39NO2. The zero-order valence-corrected chi connectivity index (χ0v) is 32.1. The average Bonchev–Trinajstić information content (AvgIpc) is 3.83. The fourth-order valence-electron chi connectivity index (χ4n) is 7.89. The van der Waals surface area contributed by atoms with Crippen LogP contribution >= 0.6 is 0 Å². The van der Waals surface area contributed by atoms with Gasteiger partial charge in [-0.05, 0) is 118 Å². The van der Waals surface area contributed by atoms with E-state index in [2.05, 4.69) is 182 Å². The first-order valence-electron chi connectivity index (χ1n) is 19.6. The van der Waals surface area contributed by atoms with Crippen molar-refractivity contribution in [3.05, 3.63) is 224 Å². The highest BCUT2D eigenvalue weighted by molar-refractivity contribution is 6.06. The van der Waals surface area contributed by atoms with E-state index >= 15 is 0 Å². The molecule has 3 heteroatoms. The van der Waals surface area contributed by atoms with Gasteiger partial charge in [0, 0.05) is 38.8 Å². The molecule has 0 aliphatic rings. The predicted molar refractivity (Wildman–Crippen MR) is 244 cm³/mol. The molecule has 3 nitrogen and oxygen atoms in total. The number of hydrogen-bond acceptors (Lipinski definition) is 3. The standard InChI is InChI=1S/C55H39NO2/c1-37(16-34-52-38(2)49-12-6-8-14-53(49)57-52)39-21-28-46(29-22-39)56(47-30-23-43(24-31-47)42-19-17-41(18-20-42)40-10-4-3-5-11-40)48-32-25-44(26-33-48)45-27-35-55-51(36-45)50-13-7-9-15-54(50)58-55/h3-36H,1H2,2H3/b34-16-. The van der Waals surface area contributed by atoms with Crippen molar-refractivity contribution in [3.63, 3.8) is 0 Å². The molecule has 0 N–H and O–H groups in total. The van der Waals surface area contributed by atoms with Crippen molar-refractivity contribution >= 4 is 61.6 Å². The van der Waals surface area contributed by atoms with Gasteiger partial charge in [-0.1, -0.05) is 146 Å². The third kappa shape index (κ3) is 6.59. The van der Waals surface area contributed by atoms with E-state index in [1.54, 1.807) is 0 Å². The number of anilines is 3. The fourth-order valence-corrected chi connectivity index (χ4v) is 7.89. The van der Waals surface area contributed by atoms with Crippen LogP contribution in [-0.2, 0) is 0 Å². The largest absolute Gasteiger partial charge is 0.456 e. The predicted octanol–water partition coefficient (Wildman–Crippen LogP) is 15.8. The Morgan fingerprint density at radius 3 is 1.48 bits per heavy atom. The highest BCUT2D eigenvalue weighted by atomic mass is 16.3. The molecule has 0 spiro atoms. The molecule has 0 unspecified atom stereocenters. The summed E-state index contributed by atoms with van der Waals surface area (Å²) in [4.78, 5) is 2.30. The molecule has 0 atom stereocenters. The smallest absolute Gasteiger partial charge is 0.135 e. The van der Waals surface area contributed by atoms with Crippen molar-refractivity contribution in [2.45, 2.75) is 6.92 Å². The molecule has 2 aromatic heterocycles. The first-order valence-corrected chi connectivity index (χ1v) is 19.6. The van der Waals surface area contributed by atoms with Gasteiger partial charge in [0.05, 0.1) is 0 Å². The highest BCUT2D eigenvalue weighted by Crippen LogP contribution is 2.39. The molecule has 0 radical (unpaired) electrons. The van der Waals surface area contributed by atoms with Crippen LogP contribution in [-0.4, -0.2) is 0 Å². The first-order chi connectivity index (χ1) is 28.6. The van der Waals surface area contributed by atoms with Gasteiger partial charge in [-0.3, -0.25) is 0 Å². The van der Waals surface area contributed by atoms with Crippen molar-refractivity contribution in [1.29, 1.82) is 0 Å². The second-order valence-corrected chi connectivity index (χ2v) is 14.7. The molecule has 8 aromatic carbocycles. The van der Waals surface area contributed by atoms with Crippen molar-refractivity contribution in [2.75, 3.05) is 4.90 Å². The number of fused-ring (bicyclic) bond motifs is 4. The Balaban J connectivity index is 0.964. The SMILES string of the molecule is C=C(/C=C\c1oc2ccccc2c1C)c1ccc(N(c2ccc(-c3ccc(-c4ccccc4)cc3)cc2)c2ccc(-c3ccc4oc5ccccc5c4c3)cc2)cc1. The lowest BCUT2D eigenvalue weighted by atomic mass is 10.00. The van der Waals surface area contributed by atoms with E-state index in [-0.39, 0.29) is 0 Å². The summed E-state index contributed by atoms with van der Waals surface area (Å²) in [6.07, 6.45) is 4.05. The summed E-state index contributed by atoms with van der Waals surface area (Å²) in [6, 6.07) is 68.4. The average molecular weight is 746 g/mol. The number of rotatable bonds is 9. The van der Waals surface area contributed by atoms with Crippen LogP contribution in [0.5, 0.6) is 0 Å². The van der Waals surface area contributed by atoms with Crippen LogP contribution in [0.2, 0.25) is 0 Å². The van der Waals surface area contributed by atoms with E-state index in [0.717, 1.165) is 83.6 Å². The van der Waals surface area contributed by atoms with E-state index < -0.39 is 0 Å². The minimum atomic E-state index is 0.849. The molecule has 10 rings (SSSR count). The highest BCUT2D eigenvalue weighted by Gasteiger charge is 2.15. The van der Waals surface area contributed by atoms with Crippen LogP contribution in [0.3, 0.4) is 0 Å². The van der Waals surface area contributed by atoms with Crippen molar-refractivity contribution in [2.24, 2.45) is 0 Å². The first kappa shape index (κ1) is 34.8. The Labute approximate surface area is 338 Å². The summed E-state index contributed by atoms with van der Waals surface area (Å²) in [5, 5.41) is 3.38. The lowest BCUT2D eigenvalue weighted by Crippen LogP contribution is -2.09. The molecule has 58 heavy (non-hydrogen) atoms. The number of allylic oxidation sites excluding steroid dienone is 2. The molecule has 0 aliphatic carbocycles. The Hall–Kier alpha value is -7.62. The Morgan fingerprint density at radius 2 is 0.879 bits per heavy atom. The zero-order valence-electron chi connectivity index (χ0n) is 32.1. The minimum absolute atomic E-state index is 0.849. The second kappa shape index (κ2) is 14.8. The third-order valence-corrected chi connectivity index (χ3v) is 11.1. The monoisotopic (exact) mass is 745 g/mol. The molecule has 0 aliphatic heterocycles. The number of aryl methyl sites for hydroxylation is 1. The van der Waals surface area contributed by atoms with Crippen LogP contribution in [0, 0.1) is 6.92 Å². The van der Waals surface area contributed by atoms with E-state index in [9.17, 15) is 0 Å². The summed E-state index contributed by atoms with van der Waals surface area (Å²) in [7, 11) is 0. The van der Waals surface area contributed by atoms with Crippen LogP contribution in [0.15, 0.2) is 216 Å². The summed E-state index contributed by atoms with van der Waals surface area (Å²) in [6.45, 7) is 6.49. The second-order valence-electron chi connectivity index (χ2n) is 14.7. The quantitative estimate of drug-likeness (QED) is 0.138. The topological polar surface area (TPSA) is 29.5 Å². The maximum atomic E-state index is 6.12. The van der Waals surface area contributed by atoms with E-state index in [1.807, 2.05) is 42.5 Å². The summed E-state index contributed by atoms with van der Waals surface area (Å²) in [5.74, 6) is 0.849. The summed E-state index contributed by atoms with van der Waals surface area (Å²) >= 11 is 0. The van der Waals surface area contributed by atoms with Gasteiger partial charge in [-0.25, -0.2) is 0 Å². The van der Waals surface area contributed by atoms with Crippen LogP contribution in [0.4, 0.5) is 17.1 Å². The molecular weight excluding hydrogens is 707 g/mol. The normalized spacial score (nSPS) is 11.5. The molecule has 0 saturated heterocycles. The molecule has 276 valence electrons. The Morgan fingerprint density at radius 1 is 0.431 bits per heavy atom. The van der Waals surface area contributed by atoms with Crippen molar-refractivity contribution in [1.82, 2.24) is 0 Å². The minimum Gasteiger partial charge on any atom is -0.456 e. The number of nitrogens with zero attached hydrogens (tertiary/aromatic N) is 1. The van der Waals surface area contributed by atoms with Crippen LogP contribution < -0.4 is 4.90 Å². The van der Waals surface area contributed by atoms with Crippen LogP contribution in [0.1, 0.15) is 16.9 Å². The lowest BCUT2D eigenvalue weighted by molar-refractivity contribution is 0.601. The van der Waals surface area contributed by atoms with Crippen molar-refractivity contribution in [3.8, 4) is 33.4 Å². The van der Waals surface area contributed by atoms with Gasteiger partial charge < -0.3 is 13.7 Å². The maximum Gasteiger partial charge on any atom is 0.135 e. The van der Waals surface area contributed by atoms with Gasteiger partial charge >= 0.3 is 0 Å². The zero-order chi connectivity index (χ0) is 39.0. The van der Waals surface area contributed by atoms with E-state index in [4.69, 9.17) is 8.83 Å². The Kier molecular flexibility index (Phi) is 8.89. The number of hydrogen-bond donors (Lipinski definition) is 0. The summed E-state index contributed by atoms with van der Waals surface area (Å²) in [5.41, 5.74) is 16.0. The summed E-state index contributed by atoms with van der Waals surface area (Å²) < 4.78 is 12.2. The number of para-hydroxylation sites is 2. The van der Waals surface area contributed by atoms with E-state index in [0.29, 0.717) is 0 Å². The van der Waals surface area contributed by atoms with Gasteiger partial charge in [0.25, 0.3) is 0 Å². The van der Waals surface area contributed by atoms with Gasteiger partial charge in [0.1, 0.15) is 22.5 Å². The maximum absolute atomic E-state index is 6.12. The molecule has 2 heterocycles. The molecule has 0 fully saturated rings. The van der Waals surface area contributed by atoms with Crippen LogP contribution in [0.25, 0.3) is 77.9 Å².